The van der Waals surface area contributed by atoms with Crippen molar-refractivity contribution in [2.24, 2.45) is 5.92 Å². The highest BCUT2D eigenvalue weighted by Gasteiger charge is 2.29. The number of carbonyl (C=O) groups is 1. The third-order valence-corrected chi connectivity index (χ3v) is 3.58. The maximum absolute atomic E-state index is 11.7. The Bertz CT molecular complexity index is 630. The number of ether oxygens (including phenoxy) is 1. The van der Waals surface area contributed by atoms with E-state index in [1.54, 1.807) is 0 Å². The van der Waals surface area contributed by atoms with Crippen LogP contribution in [0.3, 0.4) is 0 Å². The van der Waals surface area contributed by atoms with Gasteiger partial charge in [-0.2, -0.15) is 0 Å². The first-order chi connectivity index (χ1) is 10.2. The van der Waals surface area contributed by atoms with E-state index in [1.807, 2.05) is 24.3 Å². The maximum Gasteiger partial charge on any atom is 0.227 e. The van der Waals surface area contributed by atoms with Crippen LogP contribution in [0.1, 0.15) is 24.0 Å². The molecular formula is C18H19NO2. The number of hydrogen-bond donors (Lipinski definition) is 1. The standard InChI is InChI=1S/C18H19NO2/c1-13-5-7-14(8-6-13)12-21-17-4-2-3-16(11-17)19-18(20)15-9-10-15/h2-8,11,15H,9-10,12H2,1H3,(H,19,20). The van der Waals surface area contributed by atoms with E-state index < -0.39 is 0 Å². The van der Waals surface area contributed by atoms with E-state index in [2.05, 4.69) is 36.5 Å². The minimum absolute atomic E-state index is 0.116. The van der Waals surface area contributed by atoms with Crippen LogP contribution in [0.5, 0.6) is 5.75 Å². The number of aryl methyl sites for hydroxylation is 1. The maximum atomic E-state index is 11.7. The molecule has 0 saturated heterocycles. The third-order valence-electron chi connectivity index (χ3n) is 3.58. The van der Waals surface area contributed by atoms with E-state index in [4.69, 9.17) is 4.74 Å². The van der Waals surface area contributed by atoms with Gasteiger partial charge in [0.1, 0.15) is 12.4 Å². The monoisotopic (exact) mass is 281 g/mol. The molecule has 1 fully saturated rings. The summed E-state index contributed by atoms with van der Waals surface area (Å²) >= 11 is 0. The largest absolute Gasteiger partial charge is 0.489 e. The Hall–Kier alpha value is -2.29. The summed E-state index contributed by atoms with van der Waals surface area (Å²) in [4.78, 5) is 11.7. The van der Waals surface area contributed by atoms with Gasteiger partial charge in [0, 0.05) is 17.7 Å². The van der Waals surface area contributed by atoms with Crippen molar-refractivity contribution in [3.63, 3.8) is 0 Å². The molecule has 0 aliphatic heterocycles. The number of nitrogens with one attached hydrogen (secondary N) is 1. The second kappa shape index (κ2) is 6.00. The van der Waals surface area contributed by atoms with Crippen LogP contribution in [0, 0.1) is 12.8 Å². The summed E-state index contributed by atoms with van der Waals surface area (Å²) in [5.74, 6) is 1.09. The summed E-state index contributed by atoms with van der Waals surface area (Å²) < 4.78 is 5.78. The van der Waals surface area contributed by atoms with Gasteiger partial charge in [0.2, 0.25) is 5.91 Å². The average Bonchev–Trinajstić information content (AvgIpc) is 3.32. The van der Waals surface area contributed by atoms with Crippen LogP contribution < -0.4 is 10.1 Å². The molecule has 1 N–H and O–H groups in total. The molecule has 0 aromatic heterocycles. The van der Waals surface area contributed by atoms with Gasteiger partial charge in [0.05, 0.1) is 0 Å². The Morgan fingerprint density at radius 1 is 1.19 bits per heavy atom. The van der Waals surface area contributed by atoms with Crippen LogP contribution in [0.4, 0.5) is 5.69 Å². The fourth-order valence-corrected chi connectivity index (χ4v) is 2.10. The highest BCUT2D eigenvalue weighted by Crippen LogP contribution is 2.30. The number of rotatable bonds is 5. The average molecular weight is 281 g/mol. The summed E-state index contributed by atoms with van der Waals surface area (Å²) in [5, 5.41) is 2.93. The molecule has 0 heterocycles. The topological polar surface area (TPSA) is 38.3 Å². The molecule has 1 saturated carbocycles. The molecule has 1 aliphatic carbocycles. The van der Waals surface area contributed by atoms with Crippen molar-refractivity contribution in [1.29, 1.82) is 0 Å². The van der Waals surface area contributed by atoms with Gasteiger partial charge in [0.15, 0.2) is 0 Å². The molecule has 3 nitrogen and oxygen atoms in total. The van der Waals surface area contributed by atoms with Crippen molar-refractivity contribution in [2.45, 2.75) is 26.4 Å². The zero-order chi connectivity index (χ0) is 14.7. The number of benzene rings is 2. The molecule has 2 aromatic carbocycles. The normalized spacial score (nSPS) is 13.8. The highest BCUT2D eigenvalue weighted by molar-refractivity contribution is 5.94. The molecule has 108 valence electrons. The van der Waals surface area contributed by atoms with Gasteiger partial charge in [-0.15, -0.1) is 0 Å². The van der Waals surface area contributed by atoms with Gasteiger partial charge in [-0.05, 0) is 37.5 Å². The van der Waals surface area contributed by atoms with Crippen LogP contribution in [0.2, 0.25) is 0 Å². The van der Waals surface area contributed by atoms with Gasteiger partial charge >= 0.3 is 0 Å². The molecule has 3 rings (SSSR count). The molecule has 2 aromatic rings. The van der Waals surface area contributed by atoms with Gasteiger partial charge < -0.3 is 10.1 Å². The number of carbonyl (C=O) groups excluding carboxylic acids is 1. The zero-order valence-electron chi connectivity index (χ0n) is 12.1. The fourth-order valence-electron chi connectivity index (χ4n) is 2.10. The van der Waals surface area contributed by atoms with E-state index in [-0.39, 0.29) is 11.8 Å². The van der Waals surface area contributed by atoms with Crippen LogP contribution >= 0.6 is 0 Å². The Balaban J connectivity index is 1.60. The van der Waals surface area contributed by atoms with Crippen LogP contribution in [-0.4, -0.2) is 5.91 Å². The van der Waals surface area contributed by atoms with Crippen molar-refractivity contribution in [3.05, 3.63) is 59.7 Å². The Kier molecular flexibility index (Phi) is 3.91. The molecule has 0 atom stereocenters. The first kappa shape index (κ1) is 13.7. The lowest BCUT2D eigenvalue weighted by atomic mass is 10.2. The zero-order valence-corrected chi connectivity index (χ0v) is 12.1. The summed E-state index contributed by atoms with van der Waals surface area (Å²) in [7, 11) is 0. The Labute approximate surface area is 124 Å². The molecule has 0 radical (unpaired) electrons. The predicted molar refractivity (Wildman–Crippen MR) is 83.3 cm³/mol. The summed E-state index contributed by atoms with van der Waals surface area (Å²) in [6, 6.07) is 15.8. The van der Waals surface area contributed by atoms with Crippen molar-refractivity contribution in [3.8, 4) is 5.75 Å². The second-order valence-corrected chi connectivity index (χ2v) is 5.57. The van der Waals surface area contributed by atoms with E-state index in [0.29, 0.717) is 6.61 Å². The summed E-state index contributed by atoms with van der Waals surface area (Å²) in [5.41, 5.74) is 3.17. The minimum atomic E-state index is 0.116. The lowest BCUT2D eigenvalue weighted by molar-refractivity contribution is -0.117. The Morgan fingerprint density at radius 2 is 1.95 bits per heavy atom. The van der Waals surface area contributed by atoms with Crippen molar-refractivity contribution >= 4 is 11.6 Å². The number of hydrogen-bond acceptors (Lipinski definition) is 2. The molecule has 0 bridgehead atoms. The highest BCUT2D eigenvalue weighted by atomic mass is 16.5. The SMILES string of the molecule is Cc1ccc(COc2cccc(NC(=O)C3CC3)c2)cc1. The van der Waals surface area contributed by atoms with Crippen LogP contribution in [0.25, 0.3) is 0 Å². The quantitative estimate of drug-likeness (QED) is 0.902. The lowest BCUT2D eigenvalue weighted by Crippen LogP contribution is -2.13. The van der Waals surface area contributed by atoms with Crippen LogP contribution in [-0.2, 0) is 11.4 Å². The van der Waals surface area contributed by atoms with Crippen molar-refractivity contribution in [2.75, 3.05) is 5.32 Å². The molecule has 0 unspecified atom stereocenters. The first-order valence-corrected chi connectivity index (χ1v) is 7.30. The number of amides is 1. The second-order valence-electron chi connectivity index (χ2n) is 5.57. The Morgan fingerprint density at radius 3 is 2.67 bits per heavy atom. The first-order valence-electron chi connectivity index (χ1n) is 7.30. The van der Waals surface area contributed by atoms with Gasteiger partial charge in [-0.3, -0.25) is 4.79 Å². The predicted octanol–water partition coefficient (Wildman–Crippen LogP) is 3.92. The molecule has 1 amide bonds. The smallest absolute Gasteiger partial charge is 0.227 e. The van der Waals surface area contributed by atoms with Gasteiger partial charge in [-0.25, -0.2) is 0 Å². The van der Waals surface area contributed by atoms with Crippen molar-refractivity contribution < 1.29 is 9.53 Å². The molecule has 3 heteroatoms. The molecule has 1 aliphatic rings. The van der Waals surface area contributed by atoms with E-state index in [9.17, 15) is 4.79 Å². The minimum Gasteiger partial charge on any atom is -0.489 e. The number of anilines is 1. The van der Waals surface area contributed by atoms with Crippen LogP contribution in [0.15, 0.2) is 48.5 Å². The molecule has 21 heavy (non-hydrogen) atoms. The third kappa shape index (κ3) is 3.85. The lowest BCUT2D eigenvalue weighted by Gasteiger charge is -2.09. The van der Waals surface area contributed by atoms with E-state index in [0.717, 1.165) is 29.8 Å². The van der Waals surface area contributed by atoms with E-state index in [1.165, 1.54) is 5.56 Å². The molecule has 0 spiro atoms. The summed E-state index contributed by atoms with van der Waals surface area (Å²) in [6.45, 7) is 2.59. The fraction of sp³-hybridized carbons (Fsp3) is 0.278. The molecular weight excluding hydrogens is 262 g/mol. The van der Waals surface area contributed by atoms with Crippen molar-refractivity contribution in [1.82, 2.24) is 0 Å². The van der Waals surface area contributed by atoms with E-state index >= 15 is 0 Å². The summed E-state index contributed by atoms with van der Waals surface area (Å²) in [6.07, 6.45) is 2.02. The van der Waals surface area contributed by atoms with Gasteiger partial charge in [-0.1, -0.05) is 35.9 Å². The van der Waals surface area contributed by atoms with Gasteiger partial charge in [0.25, 0.3) is 0 Å².